The lowest BCUT2D eigenvalue weighted by atomic mass is 9.95. The molecule has 0 saturated heterocycles. The highest BCUT2D eigenvalue weighted by Gasteiger charge is 2.18. The van der Waals surface area contributed by atoms with Crippen LogP contribution in [0.5, 0.6) is 5.75 Å². The van der Waals surface area contributed by atoms with Crippen molar-refractivity contribution >= 4 is 17.9 Å². The molecule has 0 heterocycles. The predicted octanol–water partition coefficient (Wildman–Crippen LogP) is 1.91. The van der Waals surface area contributed by atoms with E-state index in [1.807, 2.05) is 6.07 Å². The summed E-state index contributed by atoms with van der Waals surface area (Å²) in [4.78, 5) is 22.9. The first-order chi connectivity index (χ1) is 11.6. The third-order valence-electron chi connectivity index (χ3n) is 3.88. The summed E-state index contributed by atoms with van der Waals surface area (Å²) in [5.41, 5.74) is 5.79. The van der Waals surface area contributed by atoms with E-state index in [0.717, 1.165) is 25.7 Å². The van der Waals surface area contributed by atoms with Crippen LogP contribution in [-0.2, 0) is 9.59 Å². The van der Waals surface area contributed by atoms with Gasteiger partial charge in [-0.3, -0.25) is 9.59 Å². The van der Waals surface area contributed by atoms with E-state index >= 15 is 0 Å². The molecule has 3 N–H and O–H groups in total. The molecule has 24 heavy (non-hydrogen) atoms. The highest BCUT2D eigenvalue weighted by atomic mass is 16.5. The maximum atomic E-state index is 12.2. The number of primary amides is 1. The van der Waals surface area contributed by atoms with Crippen LogP contribution in [0.25, 0.3) is 6.08 Å². The van der Waals surface area contributed by atoms with Gasteiger partial charge in [0, 0.05) is 6.04 Å². The van der Waals surface area contributed by atoms with Gasteiger partial charge in [-0.15, -0.1) is 0 Å². The van der Waals surface area contributed by atoms with Crippen LogP contribution in [0.1, 0.15) is 37.7 Å². The van der Waals surface area contributed by atoms with Gasteiger partial charge in [0.25, 0.3) is 11.8 Å². The zero-order chi connectivity index (χ0) is 17.4. The molecule has 2 amide bonds. The van der Waals surface area contributed by atoms with E-state index in [1.54, 1.807) is 24.3 Å². The molecule has 0 spiro atoms. The Bertz CT molecular complexity index is 653. The van der Waals surface area contributed by atoms with E-state index in [0.29, 0.717) is 11.3 Å². The van der Waals surface area contributed by atoms with Crippen molar-refractivity contribution in [3.05, 3.63) is 35.4 Å². The molecule has 1 aliphatic carbocycles. The van der Waals surface area contributed by atoms with E-state index in [-0.39, 0.29) is 24.1 Å². The summed E-state index contributed by atoms with van der Waals surface area (Å²) < 4.78 is 5.16. The van der Waals surface area contributed by atoms with Gasteiger partial charge in [-0.2, -0.15) is 5.26 Å². The molecule has 0 bridgehead atoms. The Morgan fingerprint density at radius 2 is 1.92 bits per heavy atom. The summed E-state index contributed by atoms with van der Waals surface area (Å²) in [5, 5.41) is 12.2. The minimum atomic E-state index is -0.551. The molecule has 6 nitrogen and oxygen atoms in total. The van der Waals surface area contributed by atoms with Crippen molar-refractivity contribution in [3.63, 3.8) is 0 Å². The fourth-order valence-corrected chi connectivity index (χ4v) is 2.64. The lowest BCUT2D eigenvalue weighted by molar-refractivity contribution is -0.120. The second-order valence-electron chi connectivity index (χ2n) is 5.80. The number of hydrogen-bond donors (Lipinski definition) is 2. The third-order valence-corrected chi connectivity index (χ3v) is 3.88. The number of ether oxygens (including phenoxy) is 1. The van der Waals surface area contributed by atoms with Gasteiger partial charge >= 0.3 is 0 Å². The van der Waals surface area contributed by atoms with Crippen LogP contribution >= 0.6 is 0 Å². The van der Waals surface area contributed by atoms with E-state index in [2.05, 4.69) is 5.32 Å². The van der Waals surface area contributed by atoms with Gasteiger partial charge < -0.3 is 15.8 Å². The highest BCUT2D eigenvalue weighted by Crippen LogP contribution is 2.18. The topological polar surface area (TPSA) is 105 Å². The number of nitrogens with zero attached hydrogens (tertiary/aromatic N) is 1. The largest absolute Gasteiger partial charge is 0.484 e. The third kappa shape index (κ3) is 5.43. The van der Waals surface area contributed by atoms with Crippen LogP contribution in [0.2, 0.25) is 0 Å². The van der Waals surface area contributed by atoms with Gasteiger partial charge in [-0.1, -0.05) is 31.4 Å². The van der Waals surface area contributed by atoms with Crippen LogP contribution in [0.4, 0.5) is 0 Å². The minimum Gasteiger partial charge on any atom is -0.484 e. The molecule has 1 aromatic rings. The Kier molecular flexibility index (Phi) is 6.38. The van der Waals surface area contributed by atoms with Crippen molar-refractivity contribution in [2.75, 3.05) is 6.61 Å². The normalized spacial score (nSPS) is 15.4. The first-order valence-electron chi connectivity index (χ1n) is 8.02. The zero-order valence-corrected chi connectivity index (χ0v) is 13.5. The summed E-state index contributed by atoms with van der Waals surface area (Å²) >= 11 is 0. The van der Waals surface area contributed by atoms with Crippen LogP contribution in [-0.4, -0.2) is 24.5 Å². The molecule has 126 valence electrons. The van der Waals surface area contributed by atoms with Crippen LogP contribution in [0, 0.1) is 11.3 Å². The quantitative estimate of drug-likeness (QED) is 0.615. The zero-order valence-electron chi connectivity index (χ0n) is 13.5. The highest BCUT2D eigenvalue weighted by molar-refractivity contribution is 6.01. The number of nitrogens with two attached hydrogens (primary N) is 1. The Morgan fingerprint density at radius 1 is 1.25 bits per heavy atom. The molecular weight excluding hydrogens is 306 g/mol. The van der Waals surface area contributed by atoms with E-state index in [9.17, 15) is 14.9 Å². The smallest absolute Gasteiger partial charge is 0.262 e. The number of carbonyl (C=O) groups is 2. The standard InChI is InChI=1S/C18H21N3O3/c19-11-14(18(23)21-15-4-2-1-3-5-15)10-13-6-8-16(9-7-13)24-12-17(20)22/h6-10,15H,1-5,12H2,(H2,20,22)(H,21,23)/b14-10+. The van der Waals surface area contributed by atoms with Crippen molar-refractivity contribution in [2.45, 2.75) is 38.1 Å². The number of amides is 2. The Hall–Kier alpha value is -2.81. The fraction of sp³-hybridized carbons (Fsp3) is 0.389. The molecule has 0 radical (unpaired) electrons. The number of nitriles is 1. The summed E-state index contributed by atoms with van der Waals surface area (Å²) in [6, 6.07) is 8.84. The molecule has 0 aromatic heterocycles. The molecule has 0 atom stereocenters. The fourth-order valence-electron chi connectivity index (χ4n) is 2.64. The lowest BCUT2D eigenvalue weighted by Gasteiger charge is -2.22. The average molecular weight is 327 g/mol. The van der Waals surface area contributed by atoms with Gasteiger partial charge in [-0.25, -0.2) is 0 Å². The molecule has 1 saturated carbocycles. The number of benzene rings is 1. The molecule has 1 aliphatic rings. The van der Waals surface area contributed by atoms with Crippen molar-refractivity contribution in [1.29, 1.82) is 5.26 Å². The summed E-state index contributed by atoms with van der Waals surface area (Å²) in [6.07, 6.45) is 6.91. The number of nitrogens with one attached hydrogen (secondary N) is 1. The van der Waals surface area contributed by atoms with Gasteiger partial charge in [0.1, 0.15) is 17.4 Å². The monoisotopic (exact) mass is 327 g/mol. The maximum Gasteiger partial charge on any atom is 0.262 e. The van der Waals surface area contributed by atoms with Gasteiger partial charge in [0.2, 0.25) is 0 Å². The Balaban J connectivity index is 1.99. The van der Waals surface area contributed by atoms with Crippen LogP contribution in [0.3, 0.4) is 0 Å². The van der Waals surface area contributed by atoms with Crippen molar-refractivity contribution in [1.82, 2.24) is 5.32 Å². The first kappa shape index (κ1) is 17.5. The Labute approximate surface area is 141 Å². The molecule has 1 aromatic carbocycles. The average Bonchev–Trinajstić information content (AvgIpc) is 2.59. The first-order valence-corrected chi connectivity index (χ1v) is 8.02. The minimum absolute atomic E-state index is 0.0753. The van der Waals surface area contributed by atoms with Crippen LogP contribution < -0.4 is 15.8 Å². The molecule has 2 rings (SSSR count). The van der Waals surface area contributed by atoms with E-state index in [1.165, 1.54) is 12.5 Å². The molecular formula is C18H21N3O3. The van der Waals surface area contributed by atoms with Crippen LogP contribution in [0.15, 0.2) is 29.8 Å². The van der Waals surface area contributed by atoms with Gasteiger partial charge in [0.05, 0.1) is 0 Å². The number of hydrogen-bond acceptors (Lipinski definition) is 4. The molecule has 1 fully saturated rings. The predicted molar refractivity (Wildman–Crippen MR) is 89.7 cm³/mol. The second kappa shape index (κ2) is 8.73. The molecule has 0 aliphatic heterocycles. The summed E-state index contributed by atoms with van der Waals surface area (Å²) in [6.45, 7) is -0.192. The Morgan fingerprint density at radius 3 is 2.50 bits per heavy atom. The van der Waals surface area contributed by atoms with E-state index in [4.69, 9.17) is 10.5 Å². The second-order valence-corrected chi connectivity index (χ2v) is 5.80. The maximum absolute atomic E-state index is 12.2. The lowest BCUT2D eigenvalue weighted by Crippen LogP contribution is -2.36. The van der Waals surface area contributed by atoms with Gasteiger partial charge in [0.15, 0.2) is 6.61 Å². The van der Waals surface area contributed by atoms with Crippen molar-refractivity contribution < 1.29 is 14.3 Å². The van der Waals surface area contributed by atoms with E-state index < -0.39 is 5.91 Å². The van der Waals surface area contributed by atoms with Gasteiger partial charge in [-0.05, 0) is 36.6 Å². The van der Waals surface area contributed by atoms with Crippen molar-refractivity contribution in [3.8, 4) is 11.8 Å². The molecule has 0 unspecified atom stereocenters. The summed E-state index contributed by atoms with van der Waals surface area (Å²) in [5.74, 6) is -0.389. The van der Waals surface area contributed by atoms with Crippen molar-refractivity contribution in [2.24, 2.45) is 5.73 Å². The number of carbonyl (C=O) groups excluding carboxylic acids is 2. The number of rotatable bonds is 6. The molecule has 6 heteroatoms. The summed E-state index contributed by atoms with van der Waals surface area (Å²) in [7, 11) is 0. The SMILES string of the molecule is N#C/C(=C\c1ccc(OCC(N)=O)cc1)C(=O)NC1CCCCC1.